The van der Waals surface area contributed by atoms with Crippen molar-refractivity contribution in [1.82, 2.24) is 5.32 Å². The highest BCUT2D eigenvalue weighted by molar-refractivity contribution is 7.45. The fourth-order valence-electron chi connectivity index (χ4n) is 6.98. The quantitative estimate of drug-likeness (QED) is 0.0275. The second kappa shape index (κ2) is 38.7. The number of unbranched alkanes of at least 4 members (excludes halogenated alkanes) is 28. The normalized spacial score (nSPS) is 14.4. The number of phosphoric ester groups is 1. The van der Waals surface area contributed by atoms with E-state index < -0.39 is 20.0 Å². The van der Waals surface area contributed by atoms with Crippen molar-refractivity contribution >= 4 is 13.7 Å². The lowest BCUT2D eigenvalue weighted by atomic mass is 10.0. The average Bonchev–Trinajstić information content (AvgIpc) is 3.13. The first kappa shape index (κ1) is 54.2. The summed E-state index contributed by atoms with van der Waals surface area (Å²) in [6.07, 6.45) is 43.6. The second-order valence-electron chi connectivity index (χ2n) is 17.5. The molecule has 0 rings (SSSR count). The minimum Gasteiger partial charge on any atom is -0.756 e. The fourth-order valence-corrected chi connectivity index (χ4v) is 7.70. The number of allylic oxidation sites excluding steroid dienone is 2. The van der Waals surface area contributed by atoms with Gasteiger partial charge in [-0.15, -0.1) is 0 Å². The Morgan fingerprint density at radius 1 is 0.618 bits per heavy atom. The van der Waals surface area contributed by atoms with Gasteiger partial charge in [0, 0.05) is 6.42 Å². The van der Waals surface area contributed by atoms with Gasteiger partial charge in [-0.25, -0.2) is 0 Å². The second-order valence-corrected chi connectivity index (χ2v) is 18.9. The molecule has 0 radical (unpaired) electrons. The molecule has 2 N–H and O–H groups in total. The summed E-state index contributed by atoms with van der Waals surface area (Å²) in [5.74, 6) is -0.171. The zero-order chi connectivity index (χ0) is 40.7. The van der Waals surface area contributed by atoms with Gasteiger partial charge in [-0.2, -0.15) is 0 Å². The van der Waals surface area contributed by atoms with Crippen LogP contribution in [0.1, 0.15) is 226 Å². The van der Waals surface area contributed by atoms with Crippen molar-refractivity contribution in [3.05, 3.63) is 12.2 Å². The summed E-state index contributed by atoms with van der Waals surface area (Å²) in [5.41, 5.74) is 0. The van der Waals surface area contributed by atoms with Gasteiger partial charge in [0.25, 0.3) is 7.82 Å². The molecule has 0 aliphatic rings. The summed E-state index contributed by atoms with van der Waals surface area (Å²) in [6.45, 7) is 4.72. The van der Waals surface area contributed by atoms with Crippen LogP contribution in [0.25, 0.3) is 0 Å². The maximum atomic E-state index is 12.9. The number of aliphatic hydroxyl groups excluding tert-OH is 1. The van der Waals surface area contributed by atoms with Crippen LogP contribution in [0, 0.1) is 0 Å². The molecule has 0 heterocycles. The molecule has 0 fully saturated rings. The Hall–Kier alpha value is -0.760. The molecule has 0 aliphatic carbocycles. The number of amides is 1. The minimum absolute atomic E-state index is 0.00980. The fraction of sp³-hybridized carbons (Fsp3) is 0.935. The first-order valence-electron chi connectivity index (χ1n) is 23.5. The average molecular weight is 801 g/mol. The van der Waals surface area contributed by atoms with Gasteiger partial charge in [0.05, 0.1) is 39.9 Å². The van der Waals surface area contributed by atoms with Crippen LogP contribution < -0.4 is 10.2 Å². The molecule has 1 unspecified atom stereocenters. The van der Waals surface area contributed by atoms with Crippen LogP contribution in [0.15, 0.2) is 12.2 Å². The van der Waals surface area contributed by atoms with Crippen LogP contribution in [0.4, 0.5) is 0 Å². The largest absolute Gasteiger partial charge is 0.756 e. The third-order valence-corrected chi connectivity index (χ3v) is 11.7. The van der Waals surface area contributed by atoms with E-state index in [4.69, 9.17) is 9.05 Å². The van der Waals surface area contributed by atoms with Crippen LogP contribution in [0.2, 0.25) is 0 Å². The van der Waals surface area contributed by atoms with Crippen LogP contribution in [0.3, 0.4) is 0 Å². The maximum Gasteiger partial charge on any atom is 0.268 e. The summed E-state index contributed by atoms with van der Waals surface area (Å²) in [5, 5.41) is 13.9. The van der Waals surface area contributed by atoms with Gasteiger partial charge in [0.15, 0.2) is 0 Å². The molecule has 0 spiro atoms. The molecule has 0 bridgehead atoms. The van der Waals surface area contributed by atoms with Crippen molar-refractivity contribution in [1.29, 1.82) is 0 Å². The van der Waals surface area contributed by atoms with E-state index in [1.54, 1.807) is 0 Å². The Balaban J connectivity index is 4.34. The lowest BCUT2D eigenvalue weighted by Crippen LogP contribution is -2.46. The molecule has 0 saturated carbocycles. The summed E-state index contributed by atoms with van der Waals surface area (Å²) in [6, 6.07) is -0.811. The number of likely N-dealkylation sites (N-methyl/N-ethyl adjacent to an activating group) is 1. The number of nitrogens with one attached hydrogen (secondary N) is 1. The minimum atomic E-state index is -4.57. The number of nitrogens with zero attached hydrogens (tertiary/aromatic N) is 1. The number of rotatable bonds is 43. The lowest BCUT2D eigenvalue weighted by Gasteiger charge is -2.30. The molecular formula is C46H93N2O6P. The van der Waals surface area contributed by atoms with Gasteiger partial charge < -0.3 is 28.8 Å². The molecule has 9 heteroatoms. The number of hydrogen-bond acceptors (Lipinski definition) is 6. The van der Waals surface area contributed by atoms with E-state index in [1.807, 2.05) is 21.1 Å². The summed E-state index contributed by atoms with van der Waals surface area (Å²) in [7, 11) is 1.30. The summed E-state index contributed by atoms with van der Waals surface area (Å²) >= 11 is 0. The predicted octanol–water partition coefficient (Wildman–Crippen LogP) is 12.5. The van der Waals surface area contributed by atoms with Crippen molar-refractivity contribution in [2.75, 3.05) is 40.9 Å². The monoisotopic (exact) mass is 801 g/mol. The highest BCUT2D eigenvalue weighted by atomic mass is 31.2. The number of quaternary nitrogens is 1. The highest BCUT2D eigenvalue weighted by Gasteiger charge is 2.24. The van der Waals surface area contributed by atoms with Crippen LogP contribution in [0.5, 0.6) is 0 Å². The molecule has 0 aliphatic heterocycles. The number of aliphatic hydroxyl groups is 1. The molecule has 3 atom stereocenters. The Morgan fingerprint density at radius 3 is 1.42 bits per heavy atom. The maximum absolute atomic E-state index is 12.9. The Morgan fingerprint density at radius 2 is 1.00 bits per heavy atom. The molecule has 0 saturated heterocycles. The molecule has 8 nitrogen and oxygen atoms in total. The zero-order valence-corrected chi connectivity index (χ0v) is 38.0. The van der Waals surface area contributed by atoms with Gasteiger partial charge in [-0.3, -0.25) is 9.36 Å². The van der Waals surface area contributed by atoms with Crippen molar-refractivity contribution < 1.29 is 32.9 Å². The van der Waals surface area contributed by atoms with Crippen molar-refractivity contribution in [2.45, 2.75) is 238 Å². The number of phosphoric acid groups is 1. The van der Waals surface area contributed by atoms with E-state index in [2.05, 4.69) is 31.3 Å². The molecule has 0 aromatic rings. The molecule has 0 aromatic carbocycles. The van der Waals surface area contributed by atoms with Gasteiger partial charge in [0.1, 0.15) is 13.2 Å². The van der Waals surface area contributed by atoms with Crippen LogP contribution in [-0.2, 0) is 18.4 Å². The van der Waals surface area contributed by atoms with E-state index in [0.717, 1.165) is 44.9 Å². The number of hydrogen-bond donors (Lipinski definition) is 2. The van der Waals surface area contributed by atoms with E-state index in [-0.39, 0.29) is 19.1 Å². The standard InChI is InChI=1S/C46H93N2O6P/c1-6-8-10-12-14-16-18-20-22-24-26-28-30-32-34-36-38-40-46(50)47-44(43-54-55(51,52)53-42-41-48(3,4)5)45(49)39-37-35-33-31-29-27-25-23-21-19-17-15-13-11-9-7-2/h29,31,44-45,49H,6-28,30,32-43H2,1-5H3,(H-,47,50,51,52)/b31-29+/t44-,45+/m0/s1. The predicted molar refractivity (Wildman–Crippen MR) is 233 cm³/mol. The highest BCUT2D eigenvalue weighted by Crippen LogP contribution is 2.38. The lowest BCUT2D eigenvalue weighted by molar-refractivity contribution is -0.870. The van der Waals surface area contributed by atoms with E-state index >= 15 is 0 Å². The van der Waals surface area contributed by atoms with Gasteiger partial charge in [-0.1, -0.05) is 193 Å². The van der Waals surface area contributed by atoms with E-state index in [1.165, 1.54) is 154 Å². The smallest absolute Gasteiger partial charge is 0.268 e. The Labute approximate surface area is 342 Å². The summed E-state index contributed by atoms with van der Waals surface area (Å²) < 4.78 is 23.3. The summed E-state index contributed by atoms with van der Waals surface area (Å²) in [4.78, 5) is 25.3. The van der Waals surface area contributed by atoms with E-state index in [0.29, 0.717) is 23.9 Å². The van der Waals surface area contributed by atoms with Gasteiger partial charge in [0.2, 0.25) is 5.91 Å². The molecule has 328 valence electrons. The first-order chi connectivity index (χ1) is 26.5. The Bertz CT molecular complexity index is 911. The third-order valence-electron chi connectivity index (χ3n) is 10.8. The van der Waals surface area contributed by atoms with Gasteiger partial charge in [-0.05, 0) is 38.5 Å². The zero-order valence-electron chi connectivity index (χ0n) is 37.1. The SMILES string of the molecule is CCCCCCCCCCCC/C=C/CCCC[C@@H](O)[C@H](COP(=O)([O-])OCC[N+](C)(C)C)NC(=O)CCCCCCCCCCCCCCCCCCC. The molecule has 55 heavy (non-hydrogen) atoms. The third kappa shape index (κ3) is 41.2. The van der Waals surface area contributed by atoms with Crippen molar-refractivity contribution in [3.8, 4) is 0 Å². The van der Waals surface area contributed by atoms with Crippen molar-refractivity contribution in [2.24, 2.45) is 0 Å². The number of carbonyl (C=O) groups excluding carboxylic acids is 1. The van der Waals surface area contributed by atoms with E-state index in [9.17, 15) is 19.4 Å². The molecular weight excluding hydrogens is 707 g/mol. The van der Waals surface area contributed by atoms with Gasteiger partial charge >= 0.3 is 0 Å². The number of carbonyl (C=O) groups is 1. The molecule has 1 amide bonds. The van der Waals surface area contributed by atoms with Crippen LogP contribution in [-0.4, -0.2) is 68.5 Å². The topological polar surface area (TPSA) is 108 Å². The first-order valence-corrected chi connectivity index (χ1v) is 25.0. The van der Waals surface area contributed by atoms with Crippen molar-refractivity contribution in [3.63, 3.8) is 0 Å². The molecule has 0 aromatic heterocycles. The van der Waals surface area contributed by atoms with Crippen LogP contribution >= 0.6 is 7.82 Å². The Kier molecular flexibility index (Phi) is 38.2.